The van der Waals surface area contributed by atoms with Gasteiger partial charge in [0, 0.05) is 36.5 Å². The number of phenols is 1. The minimum atomic E-state index is -1.13. The van der Waals surface area contributed by atoms with Gasteiger partial charge in [0.1, 0.15) is 11.4 Å². The molecule has 128 valence electrons. The molecule has 0 atom stereocenters. The number of carbonyl (C=O) groups is 1. The number of amides is 1. The predicted octanol–water partition coefficient (Wildman–Crippen LogP) is 3.06. The first-order valence-electron chi connectivity index (χ1n) is 8.05. The van der Waals surface area contributed by atoms with Crippen LogP contribution in [0.1, 0.15) is 28.8 Å². The summed E-state index contributed by atoms with van der Waals surface area (Å²) in [5.41, 5.74) is -0.107. The van der Waals surface area contributed by atoms with Gasteiger partial charge in [-0.25, -0.2) is 0 Å². The highest BCUT2D eigenvalue weighted by Gasteiger charge is 2.33. The molecule has 4 nitrogen and oxygen atoms in total. The number of rotatable bonds is 1. The van der Waals surface area contributed by atoms with Gasteiger partial charge in [0.15, 0.2) is 0 Å². The molecular weight excluding hydrogens is 338 g/mol. The third-order valence-corrected chi connectivity index (χ3v) is 4.51. The predicted molar refractivity (Wildman–Crippen MR) is 96.5 cm³/mol. The van der Waals surface area contributed by atoms with E-state index < -0.39 is 5.60 Å². The summed E-state index contributed by atoms with van der Waals surface area (Å²) in [5, 5.41) is 21.0. The Bertz CT molecular complexity index is 845. The molecule has 0 aromatic heterocycles. The van der Waals surface area contributed by atoms with Crippen molar-refractivity contribution in [3.63, 3.8) is 0 Å². The Kier molecular flexibility index (Phi) is 4.98. The molecule has 1 fully saturated rings. The first kappa shape index (κ1) is 17.3. The number of likely N-dealkylation sites (tertiary alicyclic amines) is 1. The lowest BCUT2D eigenvalue weighted by molar-refractivity contribution is 0.0248. The first-order chi connectivity index (χ1) is 12.0. The van der Waals surface area contributed by atoms with Gasteiger partial charge in [-0.05, 0) is 30.3 Å². The minimum absolute atomic E-state index is 0.0333. The van der Waals surface area contributed by atoms with Crippen LogP contribution >= 0.6 is 11.6 Å². The van der Waals surface area contributed by atoms with Gasteiger partial charge in [0.2, 0.25) is 0 Å². The van der Waals surface area contributed by atoms with Gasteiger partial charge in [0.05, 0.1) is 5.56 Å². The zero-order valence-corrected chi connectivity index (χ0v) is 14.3. The van der Waals surface area contributed by atoms with Gasteiger partial charge in [-0.1, -0.05) is 41.6 Å². The molecule has 1 amide bonds. The highest BCUT2D eigenvalue weighted by atomic mass is 35.5. The quantitative estimate of drug-likeness (QED) is 0.773. The van der Waals surface area contributed by atoms with E-state index in [9.17, 15) is 15.0 Å². The minimum Gasteiger partial charge on any atom is -0.507 e. The fraction of sp³-hybridized carbons (Fsp3) is 0.250. The number of aliphatic hydroxyl groups is 1. The van der Waals surface area contributed by atoms with Crippen LogP contribution in [0.4, 0.5) is 0 Å². The molecule has 2 aromatic rings. The van der Waals surface area contributed by atoms with Gasteiger partial charge in [0.25, 0.3) is 5.91 Å². The lowest BCUT2D eigenvalue weighted by atomic mass is 9.91. The molecule has 1 aliphatic rings. The number of hydrogen-bond donors (Lipinski definition) is 2. The number of aromatic hydroxyl groups is 1. The van der Waals surface area contributed by atoms with Crippen molar-refractivity contribution < 1.29 is 15.0 Å². The smallest absolute Gasteiger partial charge is 0.257 e. The fourth-order valence-corrected chi connectivity index (χ4v) is 2.97. The van der Waals surface area contributed by atoms with Crippen molar-refractivity contribution in [3.8, 4) is 17.6 Å². The zero-order chi connectivity index (χ0) is 17.9. The van der Waals surface area contributed by atoms with E-state index in [4.69, 9.17) is 11.6 Å². The number of nitrogens with zero attached hydrogens (tertiary/aromatic N) is 1. The first-order valence-corrected chi connectivity index (χ1v) is 8.43. The highest BCUT2D eigenvalue weighted by molar-refractivity contribution is 6.30. The summed E-state index contributed by atoms with van der Waals surface area (Å²) in [6.07, 6.45) is 0.722. The molecule has 0 spiro atoms. The van der Waals surface area contributed by atoms with E-state index in [2.05, 4.69) is 11.8 Å². The van der Waals surface area contributed by atoms with Crippen LogP contribution in [-0.4, -0.2) is 39.7 Å². The number of piperidine rings is 1. The van der Waals surface area contributed by atoms with E-state index in [1.54, 1.807) is 35.2 Å². The number of hydrogen-bond acceptors (Lipinski definition) is 3. The van der Waals surface area contributed by atoms with E-state index >= 15 is 0 Å². The standard InChI is InChI=1S/C20H18ClNO3/c21-16-5-3-4-15(14-16)8-9-20(25)10-12-22(13-11-20)19(24)17-6-1-2-7-18(17)23/h1-7,14,23,25H,10-13H2. The van der Waals surface area contributed by atoms with Crippen LogP contribution in [0.25, 0.3) is 0 Å². The maximum Gasteiger partial charge on any atom is 0.257 e. The van der Waals surface area contributed by atoms with Crippen LogP contribution in [0.2, 0.25) is 5.02 Å². The summed E-state index contributed by atoms with van der Waals surface area (Å²) in [6, 6.07) is 13.6. The molecule has 2 aromatic carbocycles. The van der Waals surface area contributed by atoms with Crippen LogP contribution in [-0.2, 0) is 0 Å². The summed E-state index contributed by atoms with van der Waals surface area (Å²) >= 11 is 5.93. The van der Waals surface area contributed by atoms with E-state index in [0.29, 0.717) is 31.0 Å². The Balaban J connectivity index is 1.67. The van der Waals surface area contributed by atoms with Gasteiger partial charge in [-0.2, -0.15) is 0 Å². The van der Waals surface area contributed by atoms with Crippen molar-refractivity contribution in [2.75, 3.05) is 13.1 Å². The van der Waals surface area contributed by atoms with Crippen LogP contribution < -0.4 is 0 Å². The molecule has 1 aliphatic heterocycles. The molecular formula is C20H18ClNO3. The van der Waals surface area contributed by atoms with Crippen LogP contribution in [0.3, 0.4) is 0 Å². The maximum absolute atomic E-state index is 12.5. The monoisotopic (exact) mass is 355 g/mol. The van der Waals surface area contributed by atoms with Crippen molar-refractivity contribution in [2.45, 2.75) is 18.4 Å². The van der Waals surface area contributed by atoms with Crippen LogP contribution in [0, 0.1) is 11.8 Å². The van der Waals surface area contributed by atoms with Crippen molar-refractivity contribution >= 4 is 17.5 Å². The van der Waals surface area contributed by atoms with Crippen molar-refractivity contribution in [2.24, 2.45) is 0 Å². The molecule has 0 saturated carbocycles. The second kappa shape index (κ2) is 7.18. The molecule has 5 heteroatoms. The Labute approximate surface area is 151 Å². The Morgan fingerprint density at radius 1 is 1.12 bits per heavy atom. The van der Waals surface area contributed by atoms with Crippen molar-refractivity contribution in [1.82, 2.24) is 4.90 Å². The molecule has 3 rings (SSSR count). The Morgan fingerprint density at radius 3 is 2.52 bits per heavy atom. The van der Waals surface area contributed by atoms with E-state index in [1.807, 2.05) is 12.1 Å². The van der Waals surface area contributed by atoms with Crippen LogP contribution in [0.15, 0.2) is 48.5 Å². The van der Waals surface area contributed by atoms with Gasteiger partial charge < -0.3 is 15.1 Å². The summed E-state index contributed by atoms with van der Waals surface area (Å²) < 4.78 is 0. The molecule has 25 heavy (non-hydrogen) atoms. The fourth-order valence-electron chi connectivity index (χ4n) is 2.78. The number of halogens is 1. The lowest BCUT2D eigenvalue weighted by Crippen LogP contribution is -2.46. The zero-order valence-electron chi connectivity index (χ0n) is 13.6. The second-order valence-electron chi connectivity index (χ2n) is 6.10. The number of phenolic OH excluding ortho intramolecular Hbond substituents is 1. The average Bonchev–Trinajstić information content (AvgIpc) is 2.61. The number of carbonyl (C=O) groups excluding carboxylic acids is 1. The summed E-state index contributed by atoms with van der Waals surface area (Å²) in [5.74, 6) is 5.60. The molecule has 0 unspecified atom stereocenters. The molecule has 0 radical (unpaired) electrons. The summed E-state index contributed by atoms with van der Waals surface area (Å²) in [6.45, 7) is 0.766. The third-order valence-electron chi connectivity index (χ3n) is 4.28. The average molecular weight is 356 g/mol. The van der Waals surface area contributed by atoms with Crippen molar-refractivity contribution in [1.29, 1.82) is 0 Å². The Hall–Kier alpha value is -2.48. The SMILES string of the molecule is O=C(c1ccccc1O)N1CCC(O)(C#Cc2cccc(Cl)c2)CC1. The number of para-hydroxylation sites is 1. The molecule has 0 bridgehead atoms. The molecule has 0 aliphatic carbocycles. The second-order valence-corrected chi connectivity index (χ2v) is 6.54. The maximum atomic E-state index is 12.5. The number of benzene rings is 2. The van der Waals surface area contributed by atoms with Gasteiger partial charge in [-0.15, -0.1) is 0 Å². The highest BCUT2D eigenvalue weighted by Crippen LogP contribution is 2.25. The van der Waals surface area contributed by atoms with Crippen LogP contribution in [0.5, 0.6) is 5.75 Å². The van der Waals surface area contributed by atoms with E-state index in [-0.39, 0.29) is 17.2 Å². The molecule has 2 N–H and O–H groups in total. The Morgan fingerprint density at radius 2 is 1.84 bits per heavy atom. The molecule has 1 heterocycles. The molecule has 1 saturated heterocycles. The van der Waals surface area contributed by atoms with Crippen molar-refractivity contribution in [3.05, 3.63) is 64.7 Å². The normalized spacial score (nSPS) is 16.0. The largest absolute Gasteiger partial charge is 0.507 e. The van der Waals surface area contributed by atoms with Gasteiger partial charge in [-0.3, -0.25) is 4.79 Å². The summed E-state index contributed by atoms with van der Waals surface area (Å²) in [7, 11) is 0. The topological polar surface area (TPSA) is 60.8 Å². The van der Waals surface area contributed by atoms with E-state index in [1.165, 1.54) is 6.07 Å². The third kappa shape index (κ3) is 4.14. The summed E-state index contributed by atoms with van der Waals surface area (Å²) in [4.78, 5) is 14.1. The van der Waals surface area contributed by atoms with E-state index in [0.717, 1.165) is 5.56 Å². The lowest BCUT2D eigenvalue weighted by Gasteiger charge is -2.35. The van der Waals surface area contributed by atoms with Gasteiger partial charge >= 0.3 is 0 Å².